The molecule has 0 aromatic rings. The van der Waals surface area contributed by atoms with Crippen LogP contribution in [0.15, 0.2) is 0 Å². The zero-order valence-electron chi connectivity index (χ0n) is 8.57. The zero-order valence-corrected chi connectivity index (χ0v) is 9.39. The summed E-state index contributed by atoms with van der Waals surface area (Å²) in [6.07, 6.45) is 1.99. The molecule has 2 atom stereocenters. The average Bonchev–Trinajstić information content (AvgIpc) is 2.60. The molecule has 0 amide bonds. The molecule has 0 spiro atoms. The van der Waals surface area contributed by atoms with Crippen LogP contribution in [0.1, 0.15) is 12.8 Å². The van der Waals surface area contributed by atoms with Gasteiger partial charge in [0.05, 0.1) is 11.0 Å². The van der Waals surface area contributed by atoms with Gasteiger partial charge in [0, 0.05) is 12.6 Å². The number of sulfone groups is 1. The lowest BCUT2D eigenvalue weighted by atomic mass is 10.2. The van der Waals surface area contributed by atoms with Gasteiger partial charge in [0.1, 0.15) is 0 Å². The van der Waals surface area contributed by atoms with Crippen molar-refractivity contribution < 1.29 is 8.42 Å². The minimum atomic E-state index is -2.71. The molecular formula is C9H18N2O2S. The Morgan fingerprint density at radius 3 is 2.79 bits per heavy atom. The first-order valence-electron chi connectivity index (χ1n) is 5.23. The van der Waals surface area contributed by atoms with E-state index in [9.17, 15) is 8.42 Å². The maximum absolute atomic E-state index is 11.5. The number of fused-ring (bicyclic) bond motifs is 2. The first-order valence-corrected chi connectivity index (χ1v) is 6.95. The SMILES string of the molecule is CNCCCN1CC2CC1CS2(=O)=O. The number of likely N-dealkylation sites (tertiary alicyclic amines) is 1. The topological polar surface area (TPSA) is 49.4 Å². The Labute approximate surface area is 85.6 Å². The van der Waals surface area contributed by atoms with Gasteiger partial charge in [0.2, 0.25) is 0 Å². The van der Waals surface area contributed by atoms with Crippen LogP contribution in [-0.2, 0) is 9.84 Å². The minimum absolute atomic E-state index is 0.0536. The van der Waals surface area contributed by atoms with Crippen molar-refractivity contribution in [2.75, 3.05) is 32.4 Å². The average molecular weight is 218 g/mol. The summed E-state index contributed by atoms with van der Waals surface area (Å²) in [5.41, 5.74) is 0. The van der Waals surface area contributed by atoms with E-state index < -0.39 is 9.84 Å². The van der Waals surface area contributed by atoms with Crippen LogP contribution in [0.25, 0.3) is 0 Å². The van der Waals surface area contributed by atoms with Gasteiger partial charge < -0.3 is 5.32 Å². The third-order valence-electron chi connectivity index (χ3n) is 3.29. The lowest BCUT2D eigenvalue weighted by molar-refractivity contribution is 0.262. The van der Waals surface area contributed by atoms with Crippen LogP contribution in [0.5, 0.6) is 0 Å². The van der Waals surface area contributed by atoms with Crippen LogP contribution in [0.4, 0.5) is 0 Å². The highest BCUT2D eigenvalue weighted by atomic mass is 32.2. The molecule has 1 N–H and O–H groups in total. The zero-order chi connectivity index (χ0) is 10.2. The summed E-state index contributed by atoms with van der Waals surface area (Å²) in [5.74, 6) is 0.400. The van der Waals surface area contributed by atoms with Crippen molar-refractivity contribution in [3.8, 4) is 0 Å². The van der Waals surface area contributed by atoms with Gasteiger partial charge in [0.25, 0.3) is 0 Å². The van der Waals surface area contributed by atoms with Crippen LogP contribution in [0.2, 0.25) is 0 Å². The summed E-state index contributed by atoms with van der Waals surface area (Å²) in [4.78, 5) is 2.34. The molecule has 0 aromatic heterocycles. The molecule has 2 aliphatic rings. The van der Waals surface area contributed by atoms with Crippen molar-refractivity contribution in [3.05, 3.63) is 0 Å². The van der Waals surface area contributed by atoms with E-state index in [0.717, 1.165) is 32.5 Å². The summed E-state index contributed by atoms with van der Waals surface area (Å²) in [6.45, 7) is 2.83. The third kappa shape index (κ3) is 1.81. The van der Waals surface area contributed by atoms with Gasteiger partial charge in [-0.3, -0.25) is 4.90 Å². The second kappa shape index (κ2) is 3.79. The van der Waals surface area contributed by atoms with E-state index in [-0.39, 0.29) is 5.25 Å². The Balaban J connectivity index is 1.85. The second-order valence-corrected chi connectivity index (χ2v) is 6.62. The van der Waals surface area contributed by atoms with Crippen molar-refractivity contribution >= 4 is 9.84 Å². The van der Waals surface area contributed by atoms with Gasteiger partial charge in [-0.05, 0) is 33.0 Å². The summed E-state index contributed by atoms with van der Waals surface area (Å²) < 4.78 is 22.9. The molecule has 2 bridgehead atoms. The maximum Gasteiger partial charge on any atom is 0.156 e. The molecule has 0 radical (unpaired) electrons. The molecule has 14 heavy (non-hydrogen) atoms. The summed E-state index contributed by atoms with van der Waals surface area (Å²) in [5, 5.41) is 3.05. The number of hydrogen-bond acceptors (Lipinski definition) is 4. The number of rotatable bonds is 4. The first-order chi connectivity index (χ1) is 6.63. The molecule has 82 valence electrons. The van der Waals surface area contributed by atoms with Gasteiger partial charge in [-0.25, -0.2) is 8.42 Å². The second-order valence-electron chi connectivity index (χ2n) is 4.29. The molecule has 2 rings (SSSR count). The van der Waals surface area contributed by atoms with Gasteiger partial charge in [-0.15, -0.1) is 0 Å². The largest absolute Gasteiger partial charge is 0.320 e. The van der Waals surface area contributed by atoms with E-state index in [1.54, 1.807) is 0 Å². The van der Waals surface area contributed by atoms with Crippen molar-refractivity contribution in [2.45, 2.75) is 24.1 Å². The third-order valence-corrected chi connectivity index (χ3v) is 5.50. The monoisotopic (exact) mass is 218 g/mol. The molecule has 0 saturated carbocycles. The lowest BCUT2D eigenvalue weighted by Crippen LogP contribution is -2.41. The molecule has 2 aliphatic heterocycles. The van der Waals surface area contributed by atoms with Crippen LogP contribution < -0.4 is 5.32 Å². The van der Waals surface area contributed by atoms with E-state index in [4.69, 9.17) is 0 Å². The van der Waals surface area contributed by atoms with Crippen molar-refractivity contribution in [3.63, 3.8) is 0 Å². The van der Waals surface area contributed by atoms with E-state index in [2.05, 4.69) is 10.2 Å². The van der Waals surface area contributed by atoms with Crippen LogP contribution in [0.3, 0.4) is 0 Å². The predicted octanol–water partition coefficient (Wildman–Crippen LogP) is -0.533. The highest BCUT2D eigenvalue weighted by molar-refractivity contribution is 7.92. The fourth-order valence-electron chi connectivity index (χ4n) is 2.51. The van der Waals surface area contributed by atoms with Crippen LogP contribution in [-0.4, -0.2) is 57.0 Å². The van der Waals surface area contributed by atoms with E-state index in [1.165, 1.54) is 0 Å². The van der Waals surface area contributed by atoms with Gasteiger partial charge in [0.15, 0.2) is 9.84 Å². The molecule has 0 aliphatic carbocycles. The van der Waals surface area contributed by atoms with E-state index in [1.807, 2.05) is 7.05 Å². The first kappa shape index (κ1) is 10.4. The molecule has 5 heteroatoms. The number of nitrogens with zero attached hydrogens (tertiary/aromatic N) is 1. The van der Waals surface area contributed by atoms with Gasteiger partial charge >= 0.3 is 0 Å². The molecule has 2 unspecified atom stereocenters. The predicted molar refractivity (Wildman–Crippen MR) is 56.1 cm³/mol. The fourth-order valence-corrected chi connectivity index (χ4v) is 4.60. The lowest BCUT2D eigenvalue weighted by Gasteiger charge is -2.26. The Hall–Kier alpha value is -0.130. The van der Waals surface area contributed by atoms with Crippen molar-refractivity contribution in [1.29, 1.82) is 0 Å². The minimum Gasteiger partial charge on any atom is -0.320 e. The normalized spacial score (nSPS) is 35.2. The molecular weight excluding hydrogens is 200 g/mol. The fraction of sp³-hybridized carbons (Fsp3) is 1.00. The smallest absolute Gasteiger partial charge is 0.156 e. The van der Waals surface area contributed by atoms with Crippen molar-refractivity contribution in [1.82, 2.24) is 10.2 Å². The standard InChI is InChI=1S/C9H18N2O2S/c1-10-3-2-4-11-6-9-5-8(11)7-14(9,12)13/h8-10H,2-7H2,1H3. The van der Waals surface area contributed by atoms with E-state index >= 15 is 0 Å². The van der Waals surface area contributed by atoms with Gasteiger partial charge in [-0.1, -0.05) is 0 Å². The summed E-state index contributed by atoms with van der Waals surface area (Å²) in [7, 11) is -0.763. The Morgan fingerprint density at radius 2 is 2.29 bits per heavy atom. The van der Waals surface area contributed by atoms with Crippen molar-refractivity contribution in [2.24, 2.45) is 0 Å². The molecule has 2 heterocycles. The van der Waals surface area contributed by atoms with Crippen LogP contribution >= 0.6 is 0 Å². The molecule has 4 nitrogen and oxygen atoms in total. The van der Waals surface area contributed by atoms with E-state index in [0.29, 0.717) is 11.8 Å². The number of nitrogens with one attached hydrogen (secondary N) is 1. The Bertz CT molecular complexity index is 302. The Kier molecular flexibility index (Phi) is 2.81. The molecule has 2 fully saturated rings. The summed E-state index contributed by atoms with van der Waals surface area (Å²) in [6, 6.07) is 0.321. The highest BCUT2D eigenvalue weighted by Crippen LogP contribution is 2.32. The highest BCUT2D eigenvalue weighted by Gasteiger charge is 2.47. The van der Waals surface area contributed by atoms with Crippen LogP contribution in [0, 0.1) is 0 Å². The quantitative estimate of drug-likeness (QED) is 0.644. The summed E-state index contributed by atoms with van der Waals surface area (Å²) >= 11 is 0. The Morgan fingerprint density at radius 1 is 1.50 bits per heavy atom. The number of hydrogen-bond donors (Lipinski definition) is 1. The molecule has 0 aromatic carbocycles. The molecule has 2 saturated heterocycles. The van der Waals surface area contributed by atoms with Gasteiger partial charge in [-0.2, -0.15) is 0 Å². The maximum atomic E-state index is 11.5.